The van der Waals surface area contributed by atoms with E-state index in [4.69, 9.17) is 15.3 Å². The highest BCUT2D eigenvalue weighted by atomic mass is 79.9. The number of nitrogens with one attached hydrogen (secondary N) is 1. The van der Waals surface area contributed by atoms with E-state index in [9.17, 15) is 4.79 Å². The molecule has 0 fully saturated rings. The van der Waals surface area contributed by atoms with Crippen molar-refractivity contribution in [2.24, 2.45) is 5.73 Å². The molecule has 1 aromatic carbocycles. The van der Waals surface area contributed by atoms with Crippen LogP contribution in [0.4, 0.5) is 0 Å². The van der Waals surface area contributed by atoms with Crippen LogP contribution in [-0.4, -0.2) is 22.6 Å². The Kier molecular flexibility index (Phi) is 5.11. The van der Waals surface area contributed by atoms with Crippen molar-refractivity contribution >= 4 is 21.8 Å². The maximum Gasteiger partial charge on any atom is 0.273 e. The molecular formula is C14H16BrN3O3. The van der Waals surface area contributed by atoms with Gasteiger partial charge < -0.3 is 20.6 Å². The normalized spacial score (nSPS) is 13.7. The number of oxazole rings is 1. The Morgan fingerprint density at radius 3 is 2.76 bits per heavy atom. The van der Waals surface area contributed by atoms with E-state index >= 15 is 0 Å². The molecule has 21 heavy (non-hydrogen) atoms. The minimum absolute atomic E-state index is 0.137. The van der Waals surface area contributed by atoms with Gasteiger partial charge in [0.25, 0.3) is 5.91 Å². The Balaban J connectivity index is 2.03. The van der Waals surface area contributed by atoms with E-state index < -0.39 is 6.04 Å². The Morgan fingerprint density at radius 1 is 1.48 bits per heavy atom. The van der Waals surface area contributed by atoms with Crippen molar-refractivity contribution in [3.8, 4) is 0 Å². The number of amides is 1. The standard InChI is InChI=1S/C14H16BrN3O3/c1-8(9-2-4-10(15)5-3-9)17-13(20)12-7-21-14(18-12)11(16)6-19/h2-5,7-8,11,19H,6,16H2,1H3,(H,17,20). The Morgan fingerprint density at radius 2 is 2.14 bits per heavy atom. The highest BCUT2D eigenvalue weighted by molar-refractivity contribution is 9.10. The smallest absolute Gasteiger partial charge is 0.273 e. The van der Waals surface area contributed by atoms with Crippen LogP contribution in [0.3, 0.4) is 0 Å². The Bertz CT molecular complexity index is 612. The number of aliphatic hydroxyl groups excluding tert-OH is 1. The monoisotopic (exact) mass is 353 g/mol. The third kappa shape index (κ3) is 3.90. The van der Waals surface area contributed by atoms with E-state index in [2.05, 4.69) is 26.2 Å². The molecule has 2 atom stereocenters. The van der Waals surface area contributed by atoms with Gasteiger partial charge in [-0.05, 0) is 24.6 Å². The van der Waals surface area contributed by atoms with Crippen LogP contribution in [0.5, 0.6) is 0 Å². The zero-order chi connectivity index (χ0) is 15.4. The molecule has 7 heteroatoms. The summed E-state index contributed by atoms with van der Waals surface area (Å²) in [7, 11) is 0. The highest BCUT2D eigenvalue weighted by Crippen LogP contribution is 2.17. The van der Waals surface area contributed by atoms with Gasteiger partial charge in [-0.1, -0.05) is 28.1 Å². The van der Waals surface area contributed by atoms with Crippen molar-refractivity contribution in [3.05, 3.63) is 52.1 Å². The number of rotatable bonds is 5. The van der Waals surface area contributed by atoms with Gasteiger partial charge in [0.05, 0.1) is 12.6 Å². The third-order valence-corrected chi connectivity index (χ3v) is 3.51. The van der Waals surface area contributed by atoms with E-state index in [1.54, 1.807) is 0 Å². The fourth-order valence-electron chi connectivity index (χ4n) is 1.75. The molecule has 112 valence electrons. The van der Waals surface area contributed by atoms with Crippen molar-refractivity contribution in [2.45, 2.75) is 19.0 Å². The number of aromatic nitrogens is 1. The molecule has 4 N–H and O–H groups in total. The number of nitrogens with zero attached hydrogens (tertiary/aromatic N) is 1. The van der Waals surface area contributed by atoms with Crippen LogP contribution in [0.1, 0.15) is 41.0 Å². The van der Waals surface area contributed by atoms with Crippen molar-refractivity contribution in [1.82, 2.24) is 10.3 Å². The molecule has 1 heterocycles. The second-order valence-corrected chi connectivity index (χ2v) is 5.52. The lowest BCUT2D eigenvalue weighted by Gasteiger charge is -2.13. The molecule has 0 bridgehead atoms. The zero-order valence-corrected chi connectivity index (χ0v) is 13.0. The minimum Gasteiger partial charge on any atom is -0.446 e. The van der Waals surface area contributed by atoms with Crippen LogP contribution >= 0.6 is 15.9 Å². The van der Waals surface area contributed by atoms with Gasteiger partial charge in [0.15, 0.2) is 5.69 Å². The number of carbonyl (C=O) groups is 1. The fraction of sp³-hybridized carbons (Fsp3) is 0.286. The molecule has 0 spiro atoms. The van der Waals surface area contributed by atoms with Gasteiger partial charge in [-0.3, -0.25) is 4.79 Å². The third-order valence-electron chi connectivity index (χ3n) is 2.99. The summed E-state index contributed by atoms with van der Waals surface area (Å²) in [5.74, 6) is -0.218. The van der Waals surface area contributed by atoms with E-state index in [0.29, 0.717) is 0 Å². The second-order valence-electron chi connectivity index (χ2n) is 4.61. The lowest BCUT2D eigenvalue weighted by molar-refractivity contribution is 0.0934. The fourth-order valence-corrected chi connectivity index (χ4v) is 2.01. The molecule has 2 rings (SSSR count). The molecular weight excluding hydrogens is 338 g/mol. The SMILES string of the molecule is CC(NC(=O)c1coc(C(N)CO)n1)c1ccc(Br)cc1. The first-order valence-corrected chi connectivity index (χ1v) is 7.18. The van der Waals surface area contributed by atoms with Crippen LogP contribution in [0, 0.1) is 0 Å². The summed E-state index contributed by atoms with van der Waals surface area (Å²) in [5.41, 5.74) is 6.68. The number of benzene rings is 1. The molecule has 0 radical (unpaired) electrons. The van der Waals surface area contributed by atoms with E-state index in [1.807, 2.05) is 31.2 Å². The summed E-state index contributed by atoms with van der Waals surface area (Å²) < 4.78 is 6.05. The maximum atomic E-state index is 12.1. The summed E-state index contributed by atoms with van der Waals surface area (Å²) in [6.45, 7) is 1.58. The molecule has 1 aromatic heterocycles. The van der Waals surface area contributed by atoms with Gasteiger partial charge in [-0.25, -0.2) is 4.98 Å². The van der Waals surface area contributed by atoms with E-state index in [0.717, 1.165) is 10.0 Å². The van der Waals surface area contributed by atoms with Crippen LogP contribution in [0.2, 0.25) is 0 Å². The summed E-state index contributed by atoms with van der Waals surface area (Å²) in [5, 5.41) is 11.7. The summed E-state index contributed by atoms with van der Waals surface area (Å²) in [4.78, 5) is 16.0. The van der Waals surface area contributed by atoms with Gasteiger partial charge in [-0.2, -0.15) is 0 Å². The molecule has 0 aliphatic rings. The zero-order valence-electron chi connectivity index (χ0n) is 11.4. The predicted molar refractivity (Wildman–Crippen MR) is 80.5 cm³/mol. The van der Waals surface area contributed by atoms with Crippen LogP contribution in [0.25, 0.3) is 0 Å². The first-order valence-electron chi connectivity index (χ1n) is 6.39. The topological polar surface area (TPSA) is 101 Å². The molecule has 2 aromatic rings. The summed E-state index contributed by atoms with van der Waals surface area (Å²) in [6.07, 6.45) is 1.23. The van der Waals surface area contributed by atoms with Crippen molar-refractivity contribution in [1.29, 1.82) is 0 Å². The first kappa shape index (κ1) is 15.7. The summed E-state index contributed by atoms with van der Waals surface area (Å²) in [6, 6.07) is 6.77. The molecule has 0 saturated heterocycles. The van der Waals surface area contributed by atoms with Crippen LogP contribution in [-0.2, 0) is 0 Å². The minimum atomic E-state index is -0.726. The number of hydrogen-bond donors (Lipinski definition) is 3. The number of nitrogens with two attached hydrogens (primary N) is 1. The van der Waals surface area contributed by atoms with E-state index in [-0.39, 0.29) is 30.1 Å². The molecule has 0 saturated carbocycles. The van der Waals surface area contributed by atoms with Gasteiger partial charge in [-0.15, -0.1) is 0 Å². The molecule has 1 amide bonds. The Labute approximate surface area is 130 Å². The number of hydrogen-bond acceptors (Lipinski definition) is 5. The maximum absolute atomic E-state index is 12.1. The summed E-state index contributed by atoms with van der Waals surface area (Å²) >= 11 is 3.36. The average Bonchev–Trinajstić information content (AvgIpc) is 2.97. The second kappa shape index (κ2) is 6.84. The number of halogens is 1. The van der Waals surface area contributed by atoms with Crippen LogP contribution < -0.4 is 11.1 Å². The molecule has 0 aliphatic carbocycles. The molecule has 2 unspecified atom stereocenters. The number of carbonyl (C=O) groups excluding carboxylic acids is 1. The van der Waals surface area contributed by atoms with Crippen LogP contribution in [0.15, 0.2) is 39.4 Å². The Hall–Kier alpha value is -1.70. The largest absolute Gasteiger partial charge is 0.446 e. The van der Waals surface area contributed by atoms with E-state index in [1.165, 1.54) is 6.26 Å². The van der Waals surface area contributed by atoms with Gasteiger partial charge >= 0.3 is 0 Å². The highest BCUT2D eigenvalue weighted by Gasteiger charge is 2.18. The molecule has 6 nitrogen and oxygen atoms in total. The first-order chi connectivity index (χ1) is 10.0. The average molecular weight is 354 g/mol. The predicted octanol–water partition coefficient (Wildman–Crippen LogP) is 1.92. The van der Waals surface area contributed by atoms with Gasteiger partial charge in [0.2, 0.25) is 5.89 Å². The van der Waals surface area contributed by atoms with Gasteiger partial charge in [0, 0.05) is 4.47 Å². The van der Waals surface area contributed by atoms with Crippen molar-refractivity contribution < 1.29 is 14.3 Å². The lowest BCUT2D eigenvalue weighted by Crippen LogP contribution is -2.27. The quantitative estimate of drug-likeness (QED) is 0.762. The molecule has 0 aliphatic heterocycles. The lowest BCUT2D eigenvalue weighted by atomic mass is 10.1. The van der Waals surface area contributed by atoms with Crippen molar-refractivity contribution in [3.63, 3.8) is 0 Å². The van der Waals surface area contributed by atoms with Gasteiger partial charge in [0.1, 0.15) is 12.3 Å². The number of aliphatic hydroxyl groups is 1. The van der Waals surface area contributed by atoms with Crippen molar-refractivity contribution in [2.75, 3.05) is 6.61 Å².